The minimum Gasteiger partial charge on any atom is -0.381 e. The van der Waals surface area contributed by atoms with Gasteiger partial charge in [-0.15, -0.1) is 0 Å². The van der Waals surface area contributed by atoms with Crippen molar-refractivity contribution in [3.63, 3.8) is 0 Å². The van der Waals surface area contributed by atoms with Gasteiger partial charge in [0.1, 0.15) is 0 Å². The van der Waals surface area contributed by atoms with Crippen LogP contribution in [-0.4, -0.2) is 61.6 Å². The quantitative estimate of drug-likeness (QED) is 0.592. The molecule has 0 N–H and O–H groups in total. The van der Waals surface area contributed by atoms with E-state index in [2.05, 4.69) is 59.5 Å². The number of benzene rings is 2. The van der Waals surface area contributed by atoms with E-state index in [9.17, 15) is 4.79 Å². The van der Waals surface area contributed by atoms with E-state index < -0.39 is 0 Å². The van der Waals surface area contributed by atoms with Crippen molar-refractivity contribution in [2.24, 2.45) is 0 Å². The number of carbonyl (C=O) groups excluding carboxylic acids is 1. The highest BCUT2D eigenvalue weighted by atomic mass is 16.5. The van der Waals surface area contributed by atoms with Gasteiger partial charge in [0, 0.05) is 45.8 Å². The van der Waals surface area contributed by atoms with E-state index in [-0.39, 0.29) is 5.91 Å². The molecule has 1 amide bonds. The third-order valence-corrected chi connectivity index (χ3v) is 5.34. The van der Waals surface area contributed by atoms with Gasteiger partial charge in [-0.3, -0.25) is 9.69 Å². The first-order valence-corrected chi connectivity index (χ1v) is 10.5. The van der Waals surface area contributed by atoms with Crippen LogP contribution in [0.4, 0.5) is 0 Å². The number of nitrogens with zero attached hydrogens (tertiary/aromatic N) is 2. The molecule has 1 fully saturated rings. The van der Waals surface area contributed by atoms with E-state index in [1.807, 2.05) is 11.0 Å². The Morgan fingerprint density at radius 1 is 0.786 bits per heavy atom. The lowest BCUT2D eigenvalue weighted by molar-refractivity contribution is -0.133. The zero-order chi connectivity index (χ0) is 19.4. The van der Waals surface area contributed by atoms with Gasteiger partial charge in [0.2, 0.25) is 5.91 Å². The van der Waals surface area contributed by atoms with E-state index in [0.29, 0.717) is 13.0 Å². The summed E-state index contributed by atoms with van der Waals surface area (Å²) in [6.45, 7) is 6.11. The van der Waals surface area contributed by atoms with Crippen molar-refractivity contribution in [3.8, 4) is 0 Å². The number of amides is 1. The molecular formula is C24H32N2O2. The van der Waals surface area contributed by atoms with Gasteiger partial charge >= 0.3 is 0 Å². The first kappa shape index (κ1) is 20.6. The number of hydrogen-bond acceptors (Lipinski definition) is 3. The standard InChI is InChI=1S/C24H32N2O2/c27-24(12-7-20-28-21-14-23-10-5-2-6-11-23)26-18-16-25(17-19-26)15-13-22-8-3-1-4-9-22/h1-6,8-11H,7,12-21H2. The van der Waals surface area contributed by atoms with E-state index in [0.717, 1.165) is 58.6 Å². The van der Waals surface area contributed by atoms with E-state index in [1.54, 1.807) is 0 Å². The van der Waals surface area contributed by atoms with Crippen LogP contribution < -0.4 is 0 Å². The molecule has 0 radical (unpaired) electrons. The Kier molecular flexibility index (Phi) is 8.54. The summed E-state index contributed by atoms with van der Waals surface area (Å²) >= 11 is 0. The van der Waals surface area contributed by atoms with Crippen molar-refractivity contribution >= 4 is 5.91 Å². The van der Waals surface area contributed by atoms with Gasteiger partial charge in [0.05, 0.1) is 6.61 Å². The molecule has 2 aromatic carbocycles. The molecular weight excluding hydrogens is 348 g/mol. The molecule has 0 aliphatic carbocycles. The Morgan fingerprint density at radius 3 is 2.04 bits per heavy atom. The molecule has 1 aliphatic rings. The molecule has 0 spiro atoms. The van der Waals surface area contributed by atoms with Crippen LogP contribution in [0.3, 0.4) is 0 Å². The van der Waals surface area contributed by atoms with Crippen LogP contribution in [-0.2, 0) is 22.4 Å². The normalized spacial score (nSPS) is 14.9. The minimum atomic E-state index is 0.273. The number of hydrogen-bond donors (Lipinski definition) is 0. The summed E-state index contributed by atoms with van der Waals surface area (Å²) in [6.07, 6.45) is 3.41. The molecule has 0 bridgehead atoms. The summed E-state index contributed by atoms with van der Waals surface area (Å²) < 4.78 is 5.69. The van der Waals surface area contributed by atoms with Gasteiger partial charge < -0.3 is 9.64 Å². The summed E-state index contributed by atoms with van der Waals surface area (Å²) in [6, 6.07) is 21.0. The van der Waals surface area contributed by atoms with Gasteiger partial charge in [-0.1, -0.05) is 60.7 Å². The minimum absolute atomic E-state index is 0.273. The zero-order valence-electron chi connectivity index (χ0n) is 16.8. The lowest BCUT2D eigenvalue weighted by Gasteiger charge is -2.34. The molecule has 2 aromatic rings. The highest BCUT2D eigenvalue weighted by Gasteiger charge is 2.20. The van der Waals surface area contributed by atoms with Crippen molar-refractivity contribution < 1.29 is 9.53 Å². The van der Waals surface area contributed by atoms with Crippen LogP contribution in [0.25, 0.3) is 0 Å². The molecule has 0 unspecified atom stereocenters. The number of rotatable bonds is 10. The van der Waals surface area contributed by atoms with Gasteiger partial charge in [0.15, 0.2) is 0 Å². The Labute approximate surface area is 169 Å². The maximum atomic E-state index is 12.4. The van der Waals surface area contributed by atoms with Crippen molar-refractivity contribution in [1.29, 1.82) is 0 Å². The van der Waals surface area contributed by atoms with Crippen molar-refractivity contribution in [2.75, 3.05) is 45.9 Å². The Morgan fingerprint density at radius 2 is 1.39 bits per heavy atom. The lowest BCUT2D eigenvalue weighted by atomic mass is 10.1. The second-order valence-corrected chi connectivity index (χ2v) is 7.41. The van der Waals surface area contributed by atoms with Crippen LogP contribution in [0.1, 0.15) is 24.0 Å². The van der Waals surface area contributed by atoms with Gasteiger partial charge in [-0.2, -0.15) is 0 Å². The van der Waals surface area contributed by atoms with Crippen molar-refractivity contribution in [1.82, 2.24) is 9.80 Å². The Hall–Kier alpha value is -2.17. The molecule has 4 heteroatoms. The first-order chi connectivity index (χ1) is 13.8. The van der Waals surface area contributed by atoms with Crippen LogP contribution in [0.15, 0.2) is 60.7 Å². The Bertz CT molecular complexity index is 682. The second-order valence-electron chi connectivity index (χ2n) is 7.41. The molecule has 150 valence electrons. The van der Waals surface area contributed by atoms with Crippen LogP contribution in [0, 0.1) is 0 Å². The predicted molar refractivity (Wildman–Crippen MR) is 113 cm³/mol. The monoisotopic (exact) mass is 380 g/mol. The van der Waals surface area contributed by atoms with E-state index in [4.69, 9.17) is 4.74 Å². The Balaban J connectivity index is 1.23. The topological polar surface area (TPSA) is 32.8 Å². The van der Waals surface area contributed by atoms with Crippen LogP contribution in [0.5, 0.6) is 0 Å². The van der Waals surface area contributed by atoms with E-state index in [1.165, 1.54) is 11.1 Å². The molecule has 28 heavy (non-hydrogen) atoms. The second kappa shape index (κ2) is 11.6. The SMILES string of the molecule is O=C(CCCOCCc1ccccc1)N1CCN(CCc2ccccc2)CC1. The summed E-state index contributed by atoms with van der Waals surface area (Å²) in [7, 11) is 0. The molecule has 0 saturated carbocycles. The average molecular weight is 381 g/mol. The third-order valence-electron chi connectivity index (χ3n) is 5.34. The average Bonchev–Trinajstić information content (AvgIpc) is 2.76. The molecule has 1 aliphatic heterocycles. The highest BCUT2D eigenvalue weighted by Crippen LogP contribution is 2.08. The fraction of sp³-hybridized carbons (Fsp3) is 0.458. The summed E-state index contributed by atoms with van der Waals surface area (Å²) in [5, 5.41) is 0. The van der Waals surface area contributed by atoms with Crippen molar-refractivity contribution in [3.05, 3.63) is 71.8 Å². The fourth-order valence-corrected chi connectivity index (χ4v) is 3.57. The molecule has 4 nitrogen and oxygen atoms in total. The zero-order valence-corrected chi connectivity index (χ0v) is 16.8. The molecule has 1 heterocycles. The number of carbonyl (C=O) groups is 1. The maximum Gasteiger partial charge on any atom is 0.222 e. The largest absolute Gasteiger partial charge is 0.381 e. The molecule has 1 saturated heterocycles. The maximum absolute atomic E-state index is 12.4. The molecule has 3 rings (SSSR count). The summed E-state index contributed by atoms with van der Waals surface area (Å²) in [4.78, 5) is 16.9. The van der Waals surface area contributed by atoms with Gasteiger partial charge in [0.25, 0.3) is 0 Å². The third kappa shape index (κ3) is 7.10. The first-order valence-electron chi connectivity index (χ1n) is 10.5. The van der Waals surface area contributed by atoms with Gasteiger partial charge in [-0.05, 0) is 30.4 Å². The predicted octanol–water partition coefficient (Wildman–Crippen LogP) is 3.41. The highest BCUT2D eigenvalue weighted by molar-refractivity contribution is 5.76. The molecule has 0 atom stereocenters. The summed E-state index contributed by atoms with van der Waals surface area (Å²) in [5.74, 6) is 0.273. The van der Waals surface area contributed by atoms with E-state index >= 15 is 0 Å². The summed E-state index contributed by atoms with van der Waals surface area (Å²) in [5.41, 5.74) is 2.68. The van der Waals surface area contributed by atoms with Crippen LogP contribution >= 0.6 is 0 Å². The molecule has 0 aromatic heterocycles. The van der Waals surface area contributed by atoms with Crippen molar-refractivity contribution in [2.45, 2.75) is 25.7 Å². The van der Waals surface area contributed by atoms with Gasteiger partial charge in [-0.25, -0.2) is 0 Å². The number of piperazine rings is 1. The smallest absolute Gasteiger partial charge is 0.222 e. The fourth-order valence-electron chi connectivity index (χ4n) is 3.57. The van der Waals surface area contributed by atoms with Crippen LogP contribution in [0.2, 0.25) is 0 Å². The number of ether oxygens (including phenoxy) is 1. The lowest BCUT2D eigenvalue weighted by Crippen LogP contribution is -2.49.